The minimum absolute atomic E-state index is 0.822. The van der Waals surface area contributed by atoms with E-state index in [0.29, 0.717) is 0 Å². The van der Waals surface area contributed by atoms with Gasteiger partial charge >= 0.3 is 0 Å². The fourth-order valence-electron chi connectivity index (χ4n) is 1.02. The van der Waals surface area contributed by atoms with Crippen LogP contribution in [0.3, 0.4) is 0 Å². The Morgan fingerprint density at radius 1 is 1.10 bits per heavy atom. The van der Waals surface area contributed by atoms with E-state index in [1.54, 1.807) is 0 Å². The average Bonchev–Trinajstić information content (AvgIpc) is 1.81. The topological polar surface area (TPSA) is 0 Å². The van der Waals surface area contributed by atoms with Gasteiger partial charge in [0.05, 0.1) is 0 Å². The smallest absolute Gasteiger partial charge is 0.0446 e. The highest BCUT2D eigenvalue weighted by Crippen LogP contribution is 2.20. The molecule has 10 heavy (non-hydrogen) atoms. The summed E-state index contributed by atoms with van der Waals surface area (Å²) in [6, 6.07) is 1.42. The van der Waals surface area contributed by atoms with Crippen molar-refractivity contribution < 1.29 is 0 Å². The monoisotopic (exact) mass is 286 g/mol. The second-order valence-electron chi connectivity index (χ2n) is 3.94. The van der Waals surface area contributed by atoms with Crippen LogP contribution in [0.25, 0.3) is 0 Å². The summed E-state index contributed by atoms with van der Waals surface area (Å²) in [6.07, 6.45) is 0. The fraction of sp³-hybridized carbons (Fsp3) is 1.00. The van der Waals surface area contributed by atoms with Crippen LogP contribution in [0.1, 0.15) is 0 Å². The summed E-state index contributed by atoms with van der Waals surface area (Å²) in [6.45, 7) is 7.27. The molecular formula is C7H16Br2Si. The Morgan fingerprint density at radius 3 is 1.60 bits per heavy atom. The Bertz CT molecular complexity index is 84.1. The Morgan fingerprint density at radius 2 is 1.50 bits per heavy atom. The average molecular weight is 288 g/mol. The van der Waals surface area contributed by atoms with Gasteiger partial charge in [0, 0.05) is 18.7 Å². The predicted octanol–water partition coefficient (Wildman–Crippen LogP) is 3.73. The largest absolute Gasteiger partial charge is 0.0925 e. The molecule has 0 saturated heterocycles. The molecule has 0 aromatic heterocycles. The number of alkyl halides is 2. The molecule has 0 unspecified atom stereocenters. The molecule has 0 aromatic carbocycles. The molecule has 0 rings (SSSR count). The Kier molecular flexibility index (Phi) is 5.52. The lowest BCUT2D eigenvalue weighted by molar-refractivity contribution is 0.759. The highest BCUT2D eigenvalue weighted by atomic mass is 79.9. The van der Waals surface area contributed by atoms with E-state index >= 15 is 0 Å². The van der Waals surface area contributed by atoms with Crippen molar-refractivity contribution in [1.29, 1.82) is 0 Å². The number of hydrogen-bond donors (Lipinski definition) is 0. The molecule has 0 N–H and O–H groups in total. The summed E-state index contributed by atoms with van der Waals surface area (Å²) >= 11 is 7.04. The standard InChI is InChI=1S/C7H16Br2Si/c1-10(2,3)6-7(4-8)5-9/h7H,4-6H2,1-3H3. The van der Waals surface area contributed by atoms with Crippen LogP contribution < -0.4 is 0 Å². The first kappa shape index (κ1) is 11.2. The Hall–Kier alpha value is 1.18. The predicted molar refractivity (Wildman–Crippen MR) is 59.2 cm³/mol. The normalized spacial score (nSPS) is 12.6. The quantitative estimate of drug-likeness (QED) is 0.546. The number of hydrogen-bond acceptors (Lipinski definition) is 0. The molecule has 0 spiro atoms. The molecule has 0 fully saturated rings. The van der Waals surface area contributed by atoms with Crippen LogP contribution in [0.5, 0.6) is 0 Å². The van der Waals surface area contributed by atoms with E-state index in [1.807, 2.05) is 0 Å². The van der Waals surface area contributed by atoms with Gasteiger partial charge in [-0.1, -0.05) is 57.5 Å². The third-order valence-corrected chi connectivity index (χ3v) is 4.97. The van der Waals surface area contributed by atoms with Crippen molar-refractivity contribution >= 4 is 39.9 Å². The Labute approximate surface area is 82.0 Å². The molecule has 0 radical (unpaired) electrons. The van der Waals surface area contributed by atoms with Gasteiger partial charge in [-0.05, 0) is 5.92 Å². The molecule has 0 aromatic rings. The molecule has 0 nitrogen and oxygen atoms in total. The molecule has 0 amide bonds. The van der Waals surface area contributed by atoms with Gasteiger partial charge in [0.2, 0.25) is 0 Å². The summed E-state index contributed by atoms with van der Waals surface area (Å²) in [5.74, 6) is 0.840. The Balaban J connectivity index is 3.63. The van der Waals surface area contributed by atoms with Crippen LogP contribution in [0, 0.1) is 5.92 Å². The molecule has 0 aliphatic rings. The lowest BCUT2D eigenvalue weighted by atomic mass is 10.3. The maximum absolute atomic E-state index is 3.52. The van der Waals surface area contributed by atoms with Gasteiger partial charge in [-0.15, -0.1) is 0 Å². The van der Waals surface area contributed by atoms with Crippen LogP contribution >= 0.6 is 31.9 Å². The number of halogens is 2. The zero-order valence-corrected chi connectivity index (χ0v) is 11.1. The van der Waals surface area contributed by atoms with Crippen LogP contribution in [-0.2, 0) is 0 Å². The van der Waals surface area contributed by atoms with Crippen molar-refractivity contribution in [2.75, 3.05) is 10.7 Å². The van der Waals surface area contributed by atoms with E-state index in [2.05, 4.69) is 51.5 Å². The van der Waals surface area contributed by atoms with Crippen LogP contribution in [0.15, 0.2) is 0 Å². The van der Waals surface area contributed by atoms with E-state index in [0.717, 1.165) is 16.6 Å². The zero-order chi connectivity index (χ0) is 8.20. The van der Waals surface area contributed by atoms with Crippen LogP contribution in [0.4, 0.5) is 0 Å². The van der Waals surface area contributed by atoms with E-state index in [1.165, 1.54) is 6.04 Å². The van der Waals surface area contributed by atoms with Gasteiger partial charge in [-0.2, -0.15) is 0 Å². The van der Waals surface area contributed by atoms with E-state index in [4.69, 9.17) is 0 Å². The maximum Gasteiger partial charge on any atom is 0.0446 e. The highest BCUT2D eigenvalue weighted by Gasteiger charge is 2.18. The molecule has 0 aliphatic carbocycles. The molecule has 0 aliphatic heterocycles. The minimum atomic E-state index is -0.822. The summed E-state index contributed by atoms with van der Waals surface area (Å²) in [7, 11) is -0.822. The first-order chi connectivity index (χ1) is 4.49. The molecule has 0 heterocycles. The highest BCUT2D eigenvalue weighted by molar-refractivity contribution is 9.09. The van der Waals surface area contributed by atoms with Gasteiger partial charge < -0.3 is 0 Å². The van der Waals surface area contributed by atoms with Gasteiger partial charge in [0.15, 0.2) is 0 Å². The van der Waals surface area contributed by atoms with Crippen molar-refractivity contribution in [3.8, 4) is 0 Å². The molecule has 0 saturated carbocycles. The summed E-state index contributed by atoms with van der Waals surface area (Å²) in [4.78, 5) is 0. The van der Waals surface area contributed by atoms with Crippen LogP contribution in [-0.4, -0.2) is 18.7 Å². The van der Waals surface area contributed by atoms with E-state index in [9.17, 15) is 0 Å². The van der Waals surface area contributed by atoms with Crippen molar-refractivity contribution in [3.05, 3.63) is 0 Å². The minimum Gasteiger partial charge on any atom is -0.0925 e. The van der Waals surface area contributed by atoms with Gasteiger partial charge in [0.1, 0.15) is 0 Å². The third kappa shape index (κ3) is 5.92. The second-order valence-corrected chi connectivity index (χ2v) is 10.8. The number of rotatable bonds is 4. The SMILES string of the molecule is C[Si](C)(C)CC(CBr)CBr. The lowest BCUT2D eigenvalue weighted by Crippen LogP contribution is -2.25. The summed E-state index contributed by atoms with van der Waals surface area (Å²) < 4.78 is 0. The van der Waals surface area contributed by atoms with E-state index in [-0.39, 0.29) is 0 Å². The molecule has 0 bridgehead atoms. The fourth-order valence-corrected chi connectivity index (χ4v) is 5.41. The first-order valence-electron chi connectivity index (χ1n) is 3.61. The van der Waals surface area contributed by atoms with Crippen molar-refractivity contribution in [2.45, 2.75) is 25.7 Å². The molecule has 62 valence electrons. The zero-order valence-electron chi connectivity index (χ0n) is 6.95. The van der Waals surface area contributed by atoms with Crippen molar-refractivity contribution in [3.63, 3.8) is 0 Å². The molecule has 0 atom stereocenters. The lowest BCUT2D eigenvalue weighted by Gasteiger charge is -2.20. The van der Waals surface area contributed by atoms with E-state index < -0.39 is 8.07 Å². The molecule has 3 heteroatoms. The summed E-state index contributed by atoms with van der Waals surface area (Å²) in [5, 5.41) is 2.28. The first-order valence-corrected chi connectivity index (χ1v) is 9.56. The molecular weight excluding hydrogens is 272 g/mol. The third-order valence-electron chi connectivity index (χ3n) is 1.34. The maximum atomic E-state index is 3.52. The van der Waals surface area contributed by atoms with Gasteiger partial charge in [-0.3, -0.25) is 0 Å². The van der Waals surface area contributed by atoms with Gasteiger partial charge in [0.25, 0.3) is 0 Å². The summed E-state index contributed by atoms with van der Waals surface area (Å²) in [5.41, 5.74) is 0. The van der Waals surface area contributed by atoms with Crippen molar-refractivity contribution in [2.24, 2.45) is 5.92 Å². The van der Waals surface area contributed by atoms with Crippen LogP contribution in [0.2, 0.25) is 25.7 Å². The van der Waals surface area contributed by atoms with Gasteiger partial charge in [-0.25, -0.2) is 0 Å². The second kappa shape index (κ2) is 4.94. The van der Waals surface area contributed by atoms with Crippen molar-refractivity contribution in [1.82, 2.24) is 0 Å².